The first-order valence-electron chi connectivity index (χ1n) is 37.3. The Balaban J connectivity index is 0. The first-order valence-corrected chi connectivity index (χ1v) is 40.3. The van der Waals surface area contributed by atoms with Gasteiger partial charge in [0.1, 0.15) is 28.8 Å². The van der Waals surface area contributed by atoms with Crippen LogP contribution in [-0.4, -0.2) is 219 Å². The van der Waals surface area contributed by atoms with Crippen molar-refractivity contribution in [3.63, 3.8) is 0 Å². The van der Waals surface area contributed by atoms with E-state index in [1.807, 2.05) is 32.3 Å². The third-order valence-electron chi connectivity index (χ3n) is 22.3. The number of rotatable bonds is 15. The lowest BCUT2D eigenvalue weighted by atomic mass is 9.47. The Hall–Kier alpha value is -9.10. The number of ether oxygens (including phenoxy) is 12. The zero-order valence-corrected chi connectivity index (χ0v) is 77.7. The molecular weight excluding hydrogens is 2000 g/mol. The molecule has 7 N–H and O–H groups in total. The Labute approximate surface area is 793 Å². The number of nitrogens with two attached hydrogens (primary N) is 1. The highest BCUT2D eigenvalue weighted by Crippen LogP contribution is 2.69. The number of halogens is 25. The van der Waals surface area contributed by atoms with E-state index >= 15 is 0 Å². The van der Waals surface area contributed by atoms with Crippen LogP contribution in [0.1, 0.15) is 57.6 Å². The topological polar surface area (TPSA) is 328 Å². The Kier molecular flexibility index (Phi) is 56.5. The first kappa shape index (κ1) is 126. The number of phenolic OH excluding ortho intramolecular Hbond substituents is 1. The van der Waals surface area contributed by atoms with Gasteiger partial charge in [-0.15, -0.1) is 0 Å². The summed E-state index contributed by atoms with van der Waals surface area (Å²) < 4.78 is 184. The number of esters is 1. The van der Waals surface area contributed by atoms with Crippen molar-refractivity contribution in [2.45, 2.75) is 113 Å². The van der Waals surface area contributed by atoms with Gasteiger partial charge in [-0.2, -0.15) is 0 Å². The second kappa shape index (κ2) is 59.7. The fraction of sp³-hybridized carbons (Fsp3) is 0.438. The zero-order valence-electron chi connectivity index (χ0n) is 71.7. The SMILES string of the molecule is CC[C@]12C=CCN3CC[C@@]4(c5ccc(OC)cc5N(C)[C@H]4[C@@](O)(CN)[C@@H]1O)[C@@H]32.CC[C@]12C=CCN3CC[C@@]4(c5ccc(OC)cc5N(C)[C@H]4[C@@](O)(CNC(=O)Oc4ccccc4OC)[C@@H]1OC(C)=O)[C@@H]32.COc1ccccc1O.COc1ccccc1OC(=O)Cl.COc1ccccc1OC(=O)Cl.F.FF.FF.FF.FF.FF.FF.FF.FF.O=C(OC(Cl)(Cl)Cl)OC(Cl)(Cl)Cl.[B]. The van der Waals surface area contributed by atoms with Crippen LogP contribution in [0.4, 0.5) is 108 Å². The number of nitrogens with one attached hydrogen (secondary N) is 1. The van der Waals surface area contributed by atoms with Crippen molar-refractivity contribution in [2.24, 2.45) is 16.6 Å². The number of aromatic hydroxyl groups is 1. The van der Waals surface area contributed by atoms with E-state index in [1.165, 1.54) is 40.9 Å². The van der Waals surface area contributed by atoms with Gasteiger partial charge >= 0.3 is 37.0 Å². The Morgan fingerprint density at radius 3 is 1.14 bits per heavy atom. The van der Waals surface area contributed by atoms with Gasteiger partial charge < -0.3 is 98.1 Å². The van der Waals surface area contributed by atoms with Crippen molar-refractivity contribution >= 4 is 142 Å². The summed E-state index contributed by atoms with van der Waals surface area (Å²) in [5.74, 6) is 3.98. The number of likely N-dealkylation sites (N-methyl/N-ethyl adjacent to an activating group) is 2. The van der Waals surface area contributed by atoms with Crippen molar-refractivity contribution < 1.29 is 179 Å². The van der Waals surface area contributed by atoms with Gasteiger partial charge in [-0.25, -0.2) is 19.2 Å². The van der Waals surface area contributed by atoms with E-state index in [2.05, 4.69) is 100 Å². The standard InChI is InChI=1S/C32H39N3O7.C22H31N3O3.2C8H7ClO3.C7H8O2.C3Cl6O3.B.8F2.FH/c1-6-30-14-9-16-35-17-15-31(26(30)35)22-13-12-21(39-4)18-23(22)34(3)27(31)32(38,28(30)41-20(2)36)19-33-29(37)42-25-11-8-7-10-24(25)40-5;1-4-20-8-5-10-25-11-9-21(17(20)25)15-7-6-14(28-3)12-16(15)24(2)18(21)22(27,13-23)19(20)26;2*1-11-6-4-2-3-5-7(6)12-8(9)10;1-9-7-5-3-2-4-6(7)8;4-2(5,6)11-1(10)12-3(7,8)9;;8*1-2;/h7-14,18,26-28,38H,6,15-17,19H2,1-5H3,(H,33,37);5-8,12,17-19,26-27H,4,9-11,13,23H2,1-3H3;2*2-5H,1H3;2-5,8H,1H3;;;;;;;;;;;1H/t26-,27+,28+,30+,31+,32-;17-,18+,19+,20+,21+,22-;;;;;;;;;;;;;;/m00............../s1. The molecule has 8 aliphatic rings. The molecule has 2 saturated carbocycles. The molecule has 133 heavy (non-hydrogen) atoms. The van der Waals surface area contributed by atoms with Crippen LogP contribution < -0.4 is 63.5 Å². The van der Waals surface area contributed by atoms with Gasteiger partial charge in [0, 0.05) is 203 Å². The number of benzene rings is 6. The van der Waals surface area contributed by atoms with E-state index in [0.717, 1.165) is 73.9 Å². The van der Waals surface area contributed by atoms with E-state index in [-0.39, 0.29) is 61.2 Å². The highest BCUT2D eigenvalue weighted by molar-refractivity contribution is 6.67. The molecule has 2 aliphatic carbocycles. The van der Waals surface area contributed by atoms with Crippen LogP contribution in [0.25, 0.3) is 0 Å². The van der Waals surface area contributed by atoms with Crippen molar-refractivity contribution in [3.8, 4) is 57.5 Å². The van der Waals surface area contributed by atoms with Crippen LogP contribution in [0, 0.1) is 10.8 Å². The van der Waals surface area contributed by atoms with E-state index < -0.39 is 82.7 Å². The maximum absolute atomic E-state index is 13.2. The minimum Gasteiger partial charge on any atom is -0.504 e. The smallest absolute Gasteiger partial charge is 0.504 e. The number of aliphatic hydroxyl groups excluding tert-OH is 1. The van der Waals surface area contributed by atoms with Gasteiger partial charge in [0.25, 0.3) is 0 Å². The summed E-state index contributed by atoms with van der Waals surface area (Å²) in [5.41, 5.74) is 3.78. The molecule has 0 unspecified atom stereocenters. The molecule has 1 amide bonds. The van der Waals surface area contributed by atoms with Crippen molar-refractivity contribution in [3.05, 3.63) is 169 Å². The van der Waals surface area contributed by atoms with Crippen LogP contribution in [0.2, 0.25) is 0 Å². The van der Waals surface area contributed by atoms with Gasteiger partial charge in [-0.1, -0.05) is 98.8 Å². The monoisotopic (exact) mass is 2090 g/mol. The van der Waals surface area contributed by atoms with Gasteiger partial charge in [-0.3, -0.25) is 19.3 Å². The molecule has 6 aromatic rings. The third kappa shape index (κ3) is 29.2. The molecule has 4 fully saturated rings. The highest BCUT2D eigenvalue weighted by Gasteiger charge is 2.79. The molecule has 0 bridgehead atoms. The fourth-order valence-corrected chi connectivity index (χ4v) is 19.0. The molecule has 12 atom stereocenters. The van der Waals surface area contributed by atoms with Crippen LogP contribution in [0.5, 0.6) is 57.5 Å². The molecule has 14 rings (SSSR count). The lowest BCUT2D eigenvalue weighted by Gasteiger charge is -2.64. The number of nitrogens with zero attached hydrogens (tertiary/aromatic N) is 4. The Morgan fingerprint density at radius 1 is 0.489 bits per heavy atom. The molecule has 6 aliphatic heterocycles. The number of aliphatic hydroxyl groups is 3. The molecule has 3 radical (unpaired) electrons. The van der Waals surface area contributed by atoms with Crippen LogP contribution in [0.15, 0.2) is 158 Å². The number of hydrogen-bond donors (Lipinski definition) is 6. The minimum atomic E-state index is -2.24. The maximum Gasteiger partial charge on any atom is 0.515 e. The molecule has 53 heteroatoms. The van der Waals surface area contributed by atoms with E-state index in [0.29, 0.717) is 40.9 Å². The first-order chi connectivity index (χ1) is 62.5. The molecule has 0 aromatic heterocycles. The summed E-state index contributed by atoms with van der Waals surface area (Å²) in [6.45, 7) is 8.85. The number of fused-ring (bicyclic) bond motifs is 2. The second-order valence-electron chi connectivity index (χ2n) is 27.9. The summed E-state index contributed by atoms with van der Waals surface area (Å²) in [5, 5.41) is 48.5. The summed E-state index contributed by atoms with van der Waals surface area (Å²) in [6.07, 6.45) is 7.71. The molecule has 6 heterocycles. The number of carbonyl (C=O) groups excluding carboxylic acids is 5. The number of methoxy groups -OCH3 is 6. The molecule has 27 nitrogen and oxygen atoms in total. The van der Waals surface area contributed by atoms with Crippen molar-refractivity contribution in [1.29, 1.82) is 0 Å². The molecule has 747 valence electrons. The normalized spacial score (nSPS) is 23.2. The minimum absolute atomic E-state index is 0. The van der Waals surface area contributed by atoms with Gasteiger partial charge in [0.05, 0.1) is 67.4 Å². The molecular formula is C80H93BCl8F17N6O21. The number of carbonyl (C=O) groups is 5. The number of amides is 1. The average molecular weight is 2090 g/mol. The van der Waals surface area contributed by atoms with E-state index in [4.69, 9.17) is 215 Å². The molecule has 2 saturated heterocycles. The van der Waals surface area contributed by atoms with Gasteiger partial charge in [0.2, 0.25) is 0 Å². The lowest BCUT2D eigenvalue weighted by Crippen LogP contribution is -2.81. The van der Waals surface area contributed by atoms with Gasteiger partial charge in [-0.05, 0) is 180 Å². The predicted molar refractivity (Wildman–Crippen MR) is 463 cm³/mol. The second-order valence-corrected chi connectivity index (χ2v) is 32.8. The van der Waals surface area contributed by atoms with Gasteiger partial charge in [0.15, 0.2) is 46.0 Å². The Morgan fingerprint density at radius 2 is 0.820 bits per heavy atom. The number of para-hydroxylation sites is 8. The van der Waals surface area contributed by atoms with Crippen LogP contribution in [-0.2, 0) is 29.8 Å². The maximum atomic E-state index is 13.2. The highest BCUT2D eigenvalue weighted by atomic mass is 35.6. The lowest BCUT2D eigenvalue weighted by molar-refractivity contribution is -0.216. The Bertz CT molecular complexity index is 4510. The summed E-state index contributed by atoms with van der Waals surface area (Å²) in [4.78, 5) is 66.4. The third-order valence-corrected chi connectivity index (χ3v) is 22.9. The zero-order chi connectivity index (χ0) is 100. The number of phenols is 1. The van der Waals surface area contributed by atoms with Crippen LogP contribution >= 0.6 is 92.8 Å². The number of anilines is 2. The van der Waals surface area contributed by atoms with Crippen molar-refractivity contribution in [1.82, 2.24) is 15.1 Å². The summed E-state index contributed by atoms with van der Waals surface area (Å²) in [7, 11) is 13.3. The molecule has 2 spiro atoms. The average Bonchev–Trinajstić information content (AvgIpc) is 1.50. The van der Waals surface area contributed by atoms with E-state index in [1.54, 1.807) is 111 Å². The summed E-state index contributed by atoms with van der Waals surface area (Å²) >= 11 is 40.3. The predicted octanol–water partition coefficient (Wildman–Crippen LogP) is 20.7. The fourth-order valence-electron chi connectivity index (χ4n) is 18.4. The van der Waals surface area contributed by atoms with Crippen LogP contribution in [0.3, 0.4) is 0 Å². The number of alkyl halides is 6. The molecule has 6 aromatic carbocycles. The number of hydrogen-bond acceptors (Lipinski definition) is 26. The largest absolute Gasteiger partial charge is 0.515 e. The quantitative estimate of drug-likeness (QED) is 0.0139. The van der Waals surface area contributed by atoms with Crippen molar-refractivity contribution in [2.75, 3.05) is 106 Å². The summed E-state index contributed by atoms with van der Waals surface area (Å²) in [6, 6.07) is 38.8. The van der Waals surface area contributed by atoms with E-state index in [9.17, 15) is 39.3 Å².